The number of rotatable bonds is 7. The van der Waals surface area contributed by atoms with Gasteiger partial charge in [-0.15, -0.1) is 0 Å². The average molecular weight is 208 g/mol. The van der Waals surface area contributed by atoms with Crippen molar-refractivity contribution in [2.45, 2.75) is 31.6 Å². The van der Waals surface area contributed by atoms with Crippen LogP contribution in [-0.4, -0.2) is 34.1 Å². The van der Waals surface area contributed by atoms with Gasteiger partial charge < -0.3 is 8.85 Å². The first-order chi connectivity index (χ1) is 5.76. The molecule has 4 heteroatoms. The van der Waals surface area contributed by atoms with Crippen LogP contribution in [0.3, 0.4) is 0 Å². The van der Waals surface area contributed by atoms with Gasteiger partial charge in [0.15, 0.2) is 0 Å². The van der Waals surface area contributed by atoms with Gasteiger partial charge in [0.25, 0.3) is 0 Å². The fourth-order valence-electron chi connectivity index (χ4n) is 0.972. The van der Waals surface area contributed by atoms with E-state index in [9.17, 15) is 0 Å². The van der Waals surface area contributed by atoms with Crippen LogP contribution < -0.4 is 0 Å². The standard InChI is InChI=1S/C8H20O2SSi/c1-5-6-7-11-8(2)12(9-3)10-4/h8,12H,5-7H2,1-4H3. The molecule has 0 fully saturated rings. The molecule has 0 rings (SSSR count). The van der Waals surface area contributed by atoms with E-state index in [0.29, 0.717) is 4.87 Å². The van der Waals surface area contributed by atoms with E-state index in [1.54, 1.807) is 14.2 Å². The fraction of sp³-hybridized carbons (Fsp3) is 1.00. The second-order valence-electron chi connectivity index (χ2n) is 2.77. The summed E-state index contributed by atoms with van der Waals surface area (Å²) in [5.74, 6) is 1.23. The summed E-state index contributed by atoms with van der Waals surface area (Å²) < 4.78 is 10.6. The Morgan fingerprint density at radius 2 is 1.92 bits per heavy atom. The minimum Gasteiger partial charge on any atom is -0.399 e. The zero-order chi connectivity index (χ0) is 9.40. The zero-order valence-electron chi connectivity index (χ0n) is 8.50. The van der Waals surface area contributed by atoms with Crippen molar-refractivity contribution in [2.75, 3.05) is 20.0 Å². The molecule has 74 valence electrons. The van der Waals surface area contributed by atoms with Crippen molar-refractivity contribution in [1.29, 1.82) is 0 Å². The average Bonchev–Trinajstić information content (AvgIpc) is 2.07. The molecule has 12 heavy (non-hydrogen) atoms. The summed E-state index contributed by atoms with van der Waals surface area (Å²) >= 11 is 1.97. The molecule has 0 radical (unpaired) electrons. The highest BCUT2D eigenvalue weighted by molar-refractivity contribution is 8.01. The van der Waals surface area contributed by atoms with Gasteiger partial charge in [0, 0.05) is 19.1 Å². The van der Waals surface area contributed by atoms with Gasteiger partial charge in [-0.2, -0.15) is 11.8 Å². The summed E-state index contributed by atoms with van der Waals surface area (Å²) in [7, 11) is 2.13. The molecule has 0 bridgehead atoms. The molecule has 0 aromatic rings. The summed E-state index contributed by atoms with van der Waals surface area (Å²) in [6.45, 7) is 4.41. The van der Waals surface area contributed by atoms with Crippen molar-refractivity contribution in [3.05, 3.63) is 0 Å². The van der Waals surface area contributed by atoms with E-state index in [1.807, 2.05) is 11.8 Å². The summed E-state index contributed by atoms with van der Waals surface area (Å²) in [5.41, 5.74) is 0. The lowest BCUT2D eigenvalue weighted by atomic mass is 10.4. The molecule has 0 amide bonds. The molecule has 1 unspecified atom stereocenters. The van der Waals surface area contributed by atoms with Gasteiger partial charge in [0.2, 0.25) is 0 Å². The van der Waals surface area contributed by atoms with Crippen LogP contribution in [0.4, 0.5) is 0 Å². The second kappa shape index (κ2) is 8.10. The Morgan fingerprint density at radius 3 is 2.33 bits per heavy atom. The van der Waals surface area contributed by atoms with Crippen LogP contribution in [0, 0.1) is 0 Å². The lowest BCUT2D eigenvalue weighted by molar-refractivity contribution is 0.277. The van der Waals surface area contributed by atoms with Crippen molar-refractivity contribution in [1.82, 2.24) is 0 Å². The van der Waals surface area contributed by atoms with E-state index in [1.165, 1.54) is 18.6 Å². The van der Waals surface area contributed by atoms with Gasteiger partial charge in [-0.1, -0.05) is 20.3 Å². The third kappa shape index (κ3) is 5.19. The molecule has 0 N–H and O–H groups in total. The summed E-state index contributed by atoms with van der Waals surface area (Å²) in [6.07, 6.45) is 2.56. The number of unbranched alkanes of at least 4 members (excludes halogenated alkanes) is 1. The van der Waals surface area contributed by atoms with E-state index >= 15 is 0 Å². The maximum atomic E-state index is 5.29. The van der Waals surface area contributed by atoms with Gasteiger partial charge in [-0.05, 0) is 12.2 Å². The number of hydrogen-bond acceptors (Lipinski definition) is 3. The van der Waals surface area contributed by atoms with Crippen LogP contribution in [0.25, 0.3) is 0 Å². The van der Waals surface area contributed by atoms with Crippen molar-refractivity contribution in [2.24, 2.45) is 0 Å². The number of thioether (sulfide) groups is 1. The van der Waals surface area contributed by atoms with Crippen LogP contribution in [0.15, 0.2) is 0 Å². The molecule has 0 saturated carbocycles. The van der Waals surface area contributed by atoms with Crippen molar-refractivity contribution in [3.63, 3.8) is 0 Å². The lowest BCUT2D eigenvalue weighted by Crippen LogP contribution is -2.31. The Hall–Kier alpha value is 0.487. The highest BCUT2D eigenvalue weighted by atomic mass is 32.2. The molecule has 0 heterocycles. The molecule has 0 aromatic heterocycles. The molecule has 0 aromatic carbocycles. The second-order valence-corrected chi connectivity index (χ2v) is 7.42. The minimum atomic E-state index is -1.37. The van der Waals surface area contributed by atoms with Gasteiger partial charge in [0.1, 0.15) is 0 Å². The zero-order valence-corrected chi connectivity index (χ0v) is 10.5. The van der Waals surface area contributed by atoms with Crippen LogP contribution in [0.5, 0.6) is 0 Å². The van der Waals surface area contributed by atoms with E-state index in [-0.39, 0.29) is 0 Å². The third-order valence-electron chi connectivity index (χ3n) is 1.73. The Kier molecular flexibility index (Phi) is 8.43. The third-order valence-corrected chi connectivity index (χ3v) is 5.72. The maximum absolute atomic E-state index is 5.29. The van der Waals surface area contributed by atoms with Crippen LogP contribution in [0.1, 0.15) is 26.7 Å². The summed E-state index contributed by atoms with van der Waals surface area (Å²) in [5, 5.41) is 0. The SMILES string of the molecule is CCCCSC(C)[SiH](OC)OC. The summed E-state index contributed by atoms with van der Waals surface area (Å²) in [6, 6.07) is 0. The van der Waals surface area contributed by atoms with Crippen LogP contribution in [-0.2, 0) is 8.85 Å². The lowest BCUT2D eigenvalue weighted by Gasteiger charge is -2.17. The Bertz CT molecular complexity index is 99.1. The van der Waals surface area contributed by atoms with E-state index in [4.69, 9.17) is 8.85 Å². The first-order valence-corrected chi connectivity index (χ1v) is 7.09. The Balaban J connectivity index is 3.47. The largest absolute Gasteiger partial charge is 0.399 e. The molecule has 0 aliphatic carbocycles. The Morgan fingerprint density at radius 1 is 1.33 bits per heavy atom. The molecule has 0 saturated heterocycles. The molecule has 1 atom stereocenters. The molecule has 0 spiro atoms. The van der Waals surface area contributed by atoms with Crippen LogP contribution >= 0.6 is 11.8 Å². The van der Waals surface area contributed by atoms with E-state index in [0.717, 1.165) is 0 Å². The maximum Gasteiger partial charge on any atom is 0.334 e. The quantitative estimate of drug-likeness (QED) is 0.471. The van der Waals surface area contributed by atoms with E-state index < -0.39 is 9.28 Å². The fourth-order valence-corrected chi connectivity index (χ4v) is 4.46. The van der Waals surface area contributed by atoms with Crippen LogP contribution in [0.2, 0.25) is 0 Å². The number of hydrogen-bond donors (Lipinski definition) is 0. The smallest absolute Gasteiger partial charge is 0.334 e. The monoisotopic (exact) mass is 208 g/mol. The molecular weight excluding hydrogens is 188 g/mol. The topological polar surface area (TPSA) is 18.5 Å². The highest BCUT2D eigenvalue weighted by Gasteiger charge is 2.19. The van der Waals surface area contributed by atoms with Crippen molar-refractivity contribution in [3.8, 4) is 0 Å². The first kappa shape index (κ1) is 12.5. The summed E-state index contributed by atoms with van der Waals surface area (Å²) in [4.78, 5) is 0.562. The van der Waals surface area contributed by atoms with Gasteiger partial charge in [-0.25, -0.2) is 0 Å². The predicted molar refractivity (Wildman–Crippen MR) is 58.0 cm³/mol. The van der Waals surface area contributed by atoms with Crippen molar-refractivity contribution >= 4 is 21.0 Å². The predicted octanol–water partition coefficient (Wildman–Crippen LogP) is 1.96. The minimum absolute atomic E-state index is 0.562. The van der Waals surface area contributed by atoms with Crippen molar-refractivity contribution < 1.29 is 8.85 Å². The van der Waals surface area contributed by atoms with Gasteiger partial charge in [0.05, 0.1) is 0 Å². The van der Waals surface area contributed by atoms with Gasteiger partial charge in [-0.3, -0.25) is 0 Å². The molecule has 2 nitrogen and oxygen atoms in total. The first-order valence-electron chi connectivity index (χ1n) is 4.43. The molecule has 0 aliphatic rings. The highest BCUT2D eigenvalue weighted by Crippen LogP contribution is 2.15. The van der Waals surface area contributed by atoms with Gasteiger partial charge >= 0.3 is 9.28 Å². The Labute approximate surface area is 81.9 Å². The van der Waals surface area contributed by atoms with E-state index in [2.05, 4.69) is 13.8 Å². The normalized spacial score (nSPS) is 13.8. The molecule has 0 aliphatic heterocycles. The molecular formula is C8H20O2SSi.